The number of anilines is 6. The van der Waals surface area contributed by atoms with Gasteiger partial charge in [-0.15, -0.1) is 0 Å². The van der Waals surface area contributed by atoms with E-state index in [1.54, 1.807) is 0 Å². The van der Waals surface area contributed by atoms with E-state index in [0.29, 0.717) is 17.5 Å². The summed E-state index contributed by atoms with van der Waals surface area (Å²) in [5.41, 5.74) is 14.8. The molecule has 0 N–H and O–H groups in total. The van der Waals surface area contributed by atoms with E-state index in [4.69, 9.17) is 15.0 Å². The van der Waals surface area contributed by atoms with E-state index >= 15 is 0 Å². The Kier molecular flexibility index (Phi) is 13.0. The molecule has 10 aromatic carbocycles. The van der Waals surface area contributed by atoms with Crippen molar-refractivity contribution in [3.05, 3.63) is 247 Å². The zero-order valence-corrected chi connectivity index (χ0v) is 45.2. The van der Waals surface area contributed by atoms with Gasteiger partial charge in [0.25, 0.3) is 0 Å². The first kappa shape index (κ1) is 49.5. The van der Waals surface area contributed by atoms with Gasteiger partial charge >= 0.3 is 0 Å². The summed E-state index contributed by atoms with van der Waals surface area (Å²) in [6, 6.07) is 83.4. The highest BCUT2D eigenvalue weighted by Gasteiger charge is 2.30. The Hall–Kier alpha value is -8.67. The number of nitrogens with zero attached hydrogens (tertiary/aromatic N) is 5. The second-order valence-electron chi connectivity index (χ2n) is 23.0. The van der Waals surface area contributed by atoms with Gasteiger partial charge in [-0.3, -0.25) is 0 Å². The number of fused-ring (bicyclic) bond motifs is 2. The lowest BCUT2D eigenvalue weighted by atomic mass is 9.83. The molecule has 0 fully saturated rings. The van der Waals surface area contributed by atoms with E-state index in [-0.39, 0.29) is 16.2 Å². The third-order valence-corrected chi connectivity index (χ3v) is 14.6. The number of benzene rings is 10. The zero-order chi connectivity index (χ0) is 52.8. The van der Waals surface area contributed by atoms with Gasteiger partial charge in [0.2, 0.25) is 0 Å². The van der Waals surface area contributed by atoms with Crippen molar-refractivity contribution in [3.8, 4) is 45.3 Å². The molecular weight excluding hydrogens is 923 g/mol. The fraction of sp³-hybridized carbons (Fsp3) is 0.169. The van der Waals surface area contributed by atoms with Gasteiger partial charge in [-0.1, -0.05) is 226 Å². The van der Waals surface area contributed by atoms with Crippen molar-refractivity contribution < 1.29 is 0 Å². The minimum absolute atomic E-state index is 0.00899. The summed E-state index contributed by atoms with van der Waals surface area (Å²) in [5, 5.41) is 4.46. The van der Waals surface area contributed by atoms with Gasteiger partial charge in [0, 0.05) is 44.7 Å². The Morgan fingerprint density at radius 2 is 0.724 bits per heavy atom. The van der Waals surface area contributed by atoms with Crippen LogP contribution in [0.15, 0.2) is 231 Å². The minimum atomic E-state index is -0.247. The number of rotatable bonds is 10. The lowest BCUT2D eigenvalue weighted by Gasteiger charge is -2.36. The summed E-state index contributed by atoms with van der Waals surface area (Å²) in [6.45, 7) is 20.7. The van der Waals surface area contributed by atoms with Gasteiger partial charge in [0.05, 0.1) is 17.1 Å². The molecule has 5 heteroatoms. The van der Waals surface area contributed by atoms with Crippen molar-refractivity contribution in [2.24, 2.45) is 0 Å². The molecule has 1 aromatic heterocycles. The molecular formula is C71H65N5. The molecule has 0 aliphatic carbocycles. The van der Waals surface area contributed by atoms with E-state index in [9.17, 15) is 0 Å². The molecule has 374 valence electrons. The lowest BCUT2D eigenvalue weighted by molar-refractivity contribution is 0.589. The van der Waals surface area contributed by atoms with Gasteiger partial charge in [-0.25, -0.2) is 15.0 Å². The summed E-state index contributed by atoms with van der Waals surface area (Å²) in [6.07, 6.45) is 0. The summed E-state index contributed by atoms with van der Waals surface area (Å²) in [7, 11) is 0. The molecule has 76 heavy (non-hydrogen) atoms. The second kappa shape index (κ2) is 19.9. The molecule has 11 rings (SSSR count). The topological polar surface area (TPSA) is 45.2 Å². The van der Waals surface area contributed by atoms with Crippen LogP contribution in [-0.4, -0.2) is 15.0 Å². The SMILES string of the molecule is CC(C)(C)c1ccc(N(c2ccccc2)c2cc(C(C)(C)C)cc(N(c3ccc(C(C)(C)C)cc3)c3ccc(-c4nc(-c5ccccc5)nc(-c5ccccc5)n4)c4ccccc34)c2-c2ccc3ccccc3c2)cc1. The summed E-state index contributed by atoms with van der Waals surface area (Å²) in [5.74, 6) is 1.86. The van der Waals surface area contributed by atoms with E-state index in [2.05, 4.69) is 266 Å². The van der Waals surface area contributed by atoms with Crippen molar-refractivity contribution in [2.75, 3.05) is 9.80 Å². The molecule has 5 nitrogen and oxygen atoms in total. The van der Waals surface area contributed by atoms with Crippen LogP contribution in [0.25, 0.3) is 66.8 Å². The zero-order valence-electron chi connectivity index (χ0n) is 45.2. The smallest absolute Gasteiger partial charge is 0.164 e. The third-order valence-electron chi connectivity index (χ3n) is 14.6. The largest absolute Gasteiger partial charge is 0.310 e. The maximum atomic E-state index is 5.26. The highest BCUT2D eigenvalue weighted by Crippen LogP contribution is 2.53. The number of aromatic nitrogens is 3. The van der Waals surface area contributed by atoms with Crippen molar-refractivity contribution >= 4 is 55.7 Å². The Labute approximate surface area is 449 Å². The van der Waals surface area contributed by atoms with E-state index in [0.717, 1.165) is 72.7 Å². The molecule has 0 spiro atoms. The summed E-state index contributed by atoms with van der Waals surface area (Å²) < 4.78 is 0. The molecule has 11 aromatic rings. The maximum absolute atomic E-state index is 5.26. The highest BCUT2D eigenvalue weighted by atomic mass is 15.2. The predicted octanol–water partition coefficient (Wildman–Crippen LogP) is 19.7. The van der Waals surface area contributed by atoms with Crippen LogP contribution in [-0.2, 0) is 16.2 Å². The van der Waals surface area contributed by atoms with Gasteiger partial charge in [0.1, 0.15) is 0 Å². The molecule has 0 unspecified atom stereocenters. The standard InChI is InChI=1S/C71H65N5/c1-69(2,3)53-35-39-57(40-36-53)75(56-29-17-12-18-30-56)63-46-55(71(7,8)9)47-64(65(63)52-34-33-48-23-19-20-28-51(48)45-52)76(58-41-37-54(38-42-58)70(4,5)6)62-44-43-61(59-31-21-22-32-60(59)62)68-73-66(49-24-13-10-14-25-49)72-67(74-68)50-26-15-11-16-27-50/h10-47H,1-9H3. The van der Waals surface area contributed by atoms with Crippen LogP contribution in [0.4, 0.5) is 34.1 Å². The van der Waals surface area contributed by atoms with Crippen LogP contribution < -0.4 is 9.80 Å². The first-order chi connectivity index (χ1) is 36.6. The van der Waals surface area contributed by atoms with Crippen LogP contribution in [0.5, 0.6) is 0 Å². The molecule has 0 atom stereocenters. The molecule has 0 saturated carbocycles. The van der Waals surface area contributed by atoms with Crippen LogP contribution >= 0.6 is 0 Å². The summed E-state index contributed by atoms with van der Waals surface area (Å²) in [4.78, 5) is 20.5. The number of hydrogen-bond donors (Lipinski definition) is 0. The lowest BCUT2D eigenvalue weighted by Crippen LogP contribution is -2.20. The molecule has 0 radical (unpaired) electrons. The average Bonchev–Trinajstić information content (AvgIpc) is 3.46. The van der Waals surface area contributed by atoms with Gasteiger partial charge in [-0.2, -0.15) is 0 Å². The molecule has 0 aliphatic heterocycles. The molecule has 1 heterocycles. The Balaban J connectivity index is 1.24. The van der Waals surface area contributed by atoms with Gasteiger partial charge in [-0.05, 0) is 121 Å². The van der Waals surface area contributed by atoms with Crippen molar-refractivity contribution in [2.45, 2.75) is 78.6 Å². The normalized spacial score (nSPS) is 12.0. The minimum Gasteiger partial charge on any atom is -0.310 e. The number of para-hydroxylation sites is 1. The van der Waals surface area contributed by atoms with Crippen molar-refractivity contribution in [1.82, 2.24) is 15.0 Å². The van der Waals surface area contributed by atoms with E-state index in [1.807, 2.05) is 36.4 Å². The molecule has 0 bridgehead atoms. The second-order valence-corrected chi connectivity index (χ2v) is 23.0. The Morgan fingerprint density at radius 1 is 0.289 bits per heavy atom. The monoisotopic (exact) mass is 988 g/mol. The van der Waals surface area contributed by atoms with Crippen LogP contribution in [0.2, 0.25) is 0 Å². The Morgan fingerprint density at radius 3 is 1.26 bits per heavy atom. The molecule has 0 aliphatic rings. The number of hydrogen-bond acceptors (Lipinski definition) is 5. The highest BCUT2D eigenvalue weighted by molar-refractivity contribution is 6.08. The summed E-state index contributed by atoms with van der Waals surface area (Å²) >= 11 is 0. The quantitative estimate of drug-likeness (QED) is 0.137. The first-order valence-electron chi connectivity index (χ1n) is 26.5. The van der Waals surface area contributed by atoms with Crippen molar-refractivity contribution in [3.63, 3.8) is 0 Å². The first-order valence-corrected chi connectivity index (χ1v) is 26.5. The molecule has 0 amide bonds. The fourth-order valence-electron chi connectivity index (χ4n) is 10.3. The van der Waals surface area contributed by atoms with Crippen LogP contribution in [0, 0.1) is 0 Å². The molecule has 0 saturated heterocycles. The Bertz CT molecular complexity index is 3790. The van der Waals surface area contributed by atoms with E-state index < -0.39 is 0 Å². The predicted molar refractivity (Wildman–Crippen MR) is 322 cm³/mol. The average molecular weight is 988 g/mol. The van der Waals surface area contributed by atoms with E-state index in [1.165, 1.54) is 27.5 Å². The fourth-order valence-corrected chi connectivity index (χ4v) is 10.3. The van der Waals surface area contributed by atoms with Gasteiger partial charge in [0.15, 0.2) is 17.5 Å². The van der Waals surface area contributed by atoms with Crippen LogP contribution in [0.1, 0.15) is 79.0 Å². The third kappa shape index (κ3) is 9.89. The van der Waals surface area contributed by atoms with Crippen molar-refractivity contribution in [1.29, 1.82) is 0 Å². The van der Waals surface area contributed by atoms with Crippen LogP contribution in [0.3, 0.4) is 0 Å². The van der Waals surface area contributed by atoms with Gasteiger partial charge < -0.3 is 9.80 Å². The maximum Gasteiger partial charge on any atom is 0.164 e.